The molecule has 3 atom stereocenters. The molecule has 8 heteroatoms. The van der Waals surface area contributed by atoms with Gasteiger partial charge in [0.1, 0.15) is 11.4 Å². The van der Waals surface area contributed by atoms with Gasteiger partial charge in [0, 0.05) is 10.9 Å². The van der Waals surface area contributed by atoms with Crippen LogP contribution in [0.4, 0.5) is 13.2 Å². The van der Waals surface area contributed by atoms with Crippen LogP contribution in [-0.2, 0) is 28.5 Å². The number of nitrogens with one attached hydrogen (secondary N) is 1. The lowest BCUT2D eigenvalue weighted by Gasteiger charge is -2.48. The Kier molecular flexibility index (Phi) is 7.22. The van der Waals surface area contributed by atoms with Gasteiger partial charge in [-0.25, -0.2) is 0 Å². The van der Waals surface area contributed by atoms with E-state index < -0.39 is 17.3 Å². The third-order valence-electron chi connectivity index (χ3n) is 8.53. The van der Waals surface area contributed by atoms with Crippen molar-refractivity contribution < 1.29 is 27.4 Å². The minimum Gasteiger partial charge on any atom is -0.487 e. The molecule has 2 fully saturated rings. The van der Waals surface area contributed by atoms with Crippen LogP contribution in [0.3, 0.4) is 0 Å². The van der Waals surface area contributed by atoms with Gasteiger partial charge in [-0.3, -0.25) is 4.79 Å². The van der Waals surface area contributed by atoms with Crippen molar-refractivity contribution in [3.05, 3.63) is 63.7 Å². The monoisotopic (exact) mass is 535 g/mol. The van der Waals surface area contributed by atoms with Crippen LogP contribution in [-0.4, -0.2) is 31.8 Å². The summed E-state index contributed by atoms with van der Waals surface area (Å²) in [6.45, 7) is 3.41. The van der Waals surface area contributed by atoms with Crippen molar-refractivity contribution in [2.75, 3.05) is 20.2 Å². The van der Waals surface area contributed by atoms with Crippen LogP contribution in [0, 0.1) is 17.8 Å². The number of methoxy groups -OCH3 is 1. The number of piperidine rings is 1. The number of carbonyl (C=O) groups excluding carboxylic acids is 1. The molecule has 0 bridgehead atoms. The zero-order valence-corrected chi connectivity index (χ0v) is 21.9. The van der Waals surface area contributed by atoms with Crippen molar-refractivity contribution >= 4 is 17.6 Å². The molecular weight excluding hydrogens is 503 g/mol. The fourth-order valence-corrected chi connectivity index (χ4v) is 6.64. The Bertz CT molecular complexity index is 1160. The molecule has 0 amide bonds. The van der Waals surface area contributed by atoms with Crippen molar-refractivity contribution in [1.29, 1.82) is 0 Å². The van der Waals surface area contributed by atoms with E-state index in [1.807, 2.05) is 13.0 Å². The molecule has 1 spiro atoms. The van der Waals surface area contributed by atoms with Gasteiger partial charge in [0.15, 0.2) is 0 Å². The van der Waals surface area contributed by atoms with Crippen molar-refractivity contribution in [2.24, 2.45) is 17.8 Å². The summed E-state index contributed by atoms with van der Waals surface area (Å²) in [5.41, 5.74) is 1.08. The van der Waals surface area contributed by atoms with E-state index >= 15 is 0 Å². The summed E-state index contributed by atoms with van der Waals surface area (Å²) in [4.78, 5) is 12.4. The lowest BCUT2D eigenvalue weighted by Crippen LogP contribution is -2.54. The first-order valence-electron chi connectivity index (χ1n) is 13.1. The average molecular weight is 536 g/mol. The Balaban J connectivity index is 1.49. The van der Waals surface area contributed by atoms with Gasteiger partial charge >= 0.3 is 12.1 Å². The third kappa shape index (κ3) is 5.35. The first-order valence-corrected chi connectivity index (χ1v) is 13.4. The molecule has 5 rings (SSSR count). The van der Waals surface area contributed by atoms with Gasteiger partial charge < -0.3 is 14.8 Å². The van der Waals surface area contributed by atoms with Crippen LogP contribution in [0.2, 0.25) is 5.02 Å². The first-order chi connectivity index (χ1) is 17.6. The van der Waals surface area contributed by atoms with E-state index in [-0.39, 0.29) is 35.7 Å². The molecule has 2 aliphatic heterocycles. The number of halogens is 4. The second kappa shape index (κ2) is 10.1. The topological polar surface area (TPSA) is 47.6 Å². The van der Waals surface area contributed by atoms with E-state index in [9.17, 15) is 18.0 Å². The maximum absolute atomic E-state index is 13.8. The molecule has 2 aromatic carbocycles. The maximum Gasteiger partial charge on any atom is 0.416 e. The van der Waals surface area contributed by atoms with E-state index in [1.54, 1.807) is 0 Å². The molecule has 37 heavy (non-hydrogen) atoms. The largest absolute Gasteiger partial charge is 0.487 e. The molecular formula is C29H33ClF3NO3. The molecule has 3 unspecified atom stereocenters. The lowest BCUT2D eigenvalue weighted by molar-refractivity contribution is -0.145. The summed E-state index contributed by atoms with van der Waals surface area (Å²) in [6, 6.07) is 9.99. The minimum absolute atomic E-state index is 0.0591. The highest BCUT2D eigenvalue weighted by Crippen LogP contribution is 2.50. The zero-order valence-electron chi connectivity index (χ0n) is 21.2. The fourth-order valence-electron chi connectivity index (χ4n) is 6.44. The number of rotatable bonds is 6. The van der Waals surface area contributed by atoms with Crippen LogP contribution >= 0.6 is 11.6 Å². The number of ether oxygens (including phenoxy) is 2. The predicted molar refractivity (Wildman–Crippen MR) is 136 cm³/mol. The normalized spacial score (nSPS) is 22.6. The van der Waals surface area contributed by atoms with Gasteiger partial charge in [-0.1, -0.05) is 30.7 Å². The van der Waals surface area contributed by atoms with Crippen LogP contribution in [0.15, 0.2) is 36.4 Å². The average Bonchev–Trinajstić information content (AvgIpc) is 3.69. The molecule has 2 heterocycles. The van der Waals surface area contributed by atoms with Crippen molar-refractivity contribution in [1.82, 2.24) is 5.32 Å². The van der Waals surface area contributed by atoms with Crippen molar-refractivity contribution in [3.8, 4) is 5.75 Å². The van der Waals surface area contributed by atoms with E-state index in [1.165, 1.54) is 19.2 Å². The Morgan fingerprint density at radius 2 is 1.92 bits per heavy atom. The highest BCUT2D eigenvalue weighted by molar-refractivity contribution is 6.30. The lowest BCUT2D eigenvalue weighted by atomic mass is 9.71. The smallest absolute Gasteiger partial charge is 0.416 e. The van der Waals surface area contributed by atoms with Crippen LogP contribution < -0.4 is 10.1 Å². The molecule has 1 N–H and O–H groups in total. The molecule has 4 nitrogen and oxygen atoms in total. The number of carbonyl (C=O) groups is 1. The Morgan fingerprint density at radius 3 is 2.57 bits per heavy atom. The summed E-state index contributed by atoms with van der Waals surface area (Å²) >= 11 is 6.14. The zero-order chi connectivity index (χ0) is 26.4. The minimum atomic E-state index is -4.45. The van der Waals surface area contributed by atoms with E-state index in [0.717, 1.165) is 48.9 Å². The Hall–Kier alpha value is -2.25. The second-order valence-corrected chi connectivity index (χ2v) is 11.3. The fraction of sp³-hybridized carbons (Fsp3) is 0.552. The number of hydrogen-bond acceptors (Lipinski definition) is 4. The van der Waals surface area contributed by atoms with E-state index in [2.05, 4.69) is 17.4 Å². The predicted octanol–water partition coefficient (Wildman–Crippen LogP) is 6.58. The summed E-state index contributed by atoms with van der Waals surface area (Å²) in [7, 11) is 1.42. The van der Waals surface area contributed by atoms with Gasteiger partial charge in [-0.05, 0) is 104 Å². The molecule has 0 radical (unpaired) electrons. The molecule has 0 aromatic heterocycles. The SMILES string of the molecule is COC(=O)C(C)C(c1ccc2c(c1)OC1(CCNCC1)C(Cc1cc(Cl)ccc1C(F)(F)F)C2)C1CC1. The van der Waals surface area contributed by atoms with Crippen LogP contribution in [0.25, 0.3) is 0 Å². The Labute approximate surface area is 220 Å². The van der Waals surface area contributed by atoms with Gasteiger partial charge in [0.05, 0.1) is 18.6 Å². The number of fused-ring (bicyclic) bond motifs is 1. The molecule has 1 aliphatic carbocycles. The van der Waals surface area contributed by atoms with Crippen molar-refractivity contribution in [3.63, 3.8) is 0 Å². The van der Waals surface area contributed by atoms with Crippen LogP contribution in [0.5, 0.6) is 5.75 Å². The summed E-state index contributed by atoms with van der Waals surface area (Å²) in [5, 5.41) is 3.66. The maximum atomic E-state index is 13.8. The van der Waals surface area contributed by atoms with Crippen LogP contribution in [0.1, 0.15) is 60.8 Å². The highest BCUT2D eigenvalue weighted by Gasteiger charge is 2.47. The van der Waals surface area contributed by atoms with Gasteiger partial charge in [-0.15, -0.1) is 0 Å². The first kappa shape index (κ1) is 26.4. The second-order valence-electron chi connectivity index (χ2n) is 10.9. The number of hydrogen-bond donors (Lipinski definition) is 1. The quantitative estimate of drug-likeness (QED) is 0.425. The molecule has 3 aliphatic rings. The van der Waals surface area contributed by atoms with E-state index in [4.69, 9.17) is 21.1 Å². The van der Waals surface area contributed by atoms with Gasteiger partial charge in [-0.2, -0.15) is 13.2 Å². The molecule has 200 valence electrons. The van der Waals surface area contributed by atoms with Gasteiger partial charge in [0.25, 0.3) is 0 Å². The Morgan fingerprint density at radius 1 is 1.19 bits per heavy atom. The molecule has 1 saturated heterocycles. The standard InChI is InChI=1S/C29H33ClF3NO3/c1-17(27(35)36-2)26(18-3-4-18)20-6-5-19-13-22(28(37-25(19)16-20)9-11-34-12-10-28)14-21-15-23(30)7-8-24(21)29(31,32)33/h5-8,15-18,22,26,34H,3-4,9-14H2,1-2H3. The summed E-state index contributed by atoms with van der Waals surface area (Å²) < 4.78 is 53.3. The van der Waals surface area contributed by atoms with Gasteiger partial charge in [0.2, 0.25) is 0 Å². The third-order valence-corrected chi connectivity index (χ3v) is 8.77. The van der Waals surface area contributed by atoms with Crippen molar-refractivity contribution in [2.45, 2.75) is 63.1 Å². The number of alkyl halides is 3. The molecule has 1 saturated carbocycles. The summed E-state index contributed by atoms with van der Waals surface area (Å²) in [6.07, 6.45) is 0.0196. The highest BCUT2D eigenvalue weighted by atomic mass is 35.5. The van der Waals surface area contributed by atoms with E-state index in [0.29, 0.717) is 30.2 Å². The number of benzene rings is 2. The molecule has 2 aromatic rings. The summed E-state index contributed by atoms with van der Waals surface area (Å²) in [5.74, 6) is 0.695. The number of esters is 1.